The number of hydrogen-bond donors (Lipinski definition) is 3. The van der Waals surface area contributed by atoms with Crippen LogP contribution in [-0.2, 0) is 9.59 Å². The number of para-hydroxylation sites is 1. The molecule has 4 rings (SSSR count). The van der Waals surface area contributed by atoms with E-state index in [4.69, 9.17) is 0 Å². The maximum Gasteiger partial charge on any atom is 0.325 e. The number of imide groups is 1. The van der Waals surface area contributed by atoms with Crippen molar-refractivity contribution in [3.8, 4) is 0 Å². The van der Waals surface area contributed by atoms with Crippen LogP contribution in [0.15, 0.2) is 54.6 Å². The van der Waals surface area contributed by atoms with Crippen molar-refractivity contribution in [2.75, 3.05) is 11.9 Å². The van der Waals surface area contributed by atoms with E-state index >= 15 is 0 Å². The fourth-order valence-corrected chi connectivity index (χ4v) is 4.89. The van der Waals surface area contributed by atoms with Gasteiger partial charge in [-0.3, -0.25) is 19.3 Å². The van der Waals surface area contributed by atoms with Crippen molar-refractivity contribution in [2.45, 2.75) is 63.5 Å². The molecule has 1 aliphatic heterocycles. The number of benzene rings is 2. The van der Waals surface area contributed by atoms with Crippen LogP contribution in [0.2, 0.25) is 0 Å². The Labute approximate surface area is 205 Å². The lowest BCUT2D eigenvalue weighted by molar-refractivity contribution is -0.134. The molecule has 1 heterocycles. The van der Waals surface area contributed by atoms with Crippen LogP contribution >= 0.6 is 0 Å². The first-order valence-electron chi connectivity index (χ1n) is 12.3. The molecule has 184 valence electrons. The summed E-state index contributed by atoms with van der Waals surface area (Å²) in [5.41, 5.74) is 0.688. The normalized spacial score (nSPS) is 18.4. The highest BCUT2D eigenvalue weighted by atomic mass is 16.2. The Morgan fingerprint density at radius 1 is 0.943 bits per heavy atom. The summed E-state index contributed by atoms with van der Waals surface area (Å²) >= 11 is 0. The molecule has 1 spiro atoms. The highest BCUT2D eigenvalue weighted by molar-refractivity contribution is 6.11. The predicted octanol–water partition coefficient (Wildman–Crippen LogP) is 4.15. The number of hydrogen-bond acceptors (Lipinski definition) is 4. The minimum absolute atomic E-state index is 0.224. The van der Waals surface area contributed by atoms with E-state index in [0.29, 0.717) is 24.1 Å². The van der Waals surface area contributed by atoms with Crippen LogP contribution in [0.25, 0.3) is 0 Å². The molecule has 1 saturated heterocycles. The monoisotopic (exact) mass is 476 g/mol. The molecule has 0 bridgehead atoms. The molecule has 1 saturated carbocycles. The van der Waals surface area contributed by atoms with Crippen LogP contribution in [0.1, 0.15) is 73.8 Å². The fraction of sp³-hybridized carbons (Fsp3) is 0.407. The van der Waals surface area contributed by atoms with Gasteiger partial charge in [-0.1, -0.05) is 74.6 Å². The number of amides is 5. The van der Waals surface area contributed by atoms with Gasteiger partial charge in [-0.2, -0.15) is 0 Å². The topological polar surface area (TPSA) is 108 Å². The van der Waals surface area contributed by atoms with Gasteiger partial charge in [-0.05, 0) is 37.5 Å². The lowest BCUT2D eigenvalue weighted by atomic mass is 9.84. The van der Waals surface area contributed by atoms with Gasteiger partial charge >= 0.3 is 6.03 Å². The fourth-order valence-electron chi connectivity index (χ4n) is 4.89. The molecule has 0 unspecified atom stereocenters. The molecule has 2 aromatic rings. The van der Waals surface area contributed by atoms with E-state index in [1.54, 1.807) is 24.3 Å². The molecule has 0 aromatic heterocycles. The lowest BCUT2D eigenvalue weighted by Gasteiger charge is -2.28. The van der Waals surface area contributed by atoms with E-state index in [-0.39, 0.29) is 17.9 Å². The van der Waals surface area contributed by atoms with E-state index in [1.807, 2.05) is 37.3 Å². The number of nitrogens with one attached hydrogen (secondary N) is 3. The van der Waals surface area contributed by atoms with Gasteiger partial charge in [0.25, 0.3) is 11.8 Å². The Morgan fingerprint density at radius 2 is 1.57 bits per heavy atom. The summed E-state index contributed by atoms with van der Waals surface area (Å²) in [6.07, 6.45) is 6.14. The molecule has 35 heavy (non-hydrogen) atoms. The number of carbonyl (C=O) groups is 4. The summed E-state index contributed by atoms with van der Waals surface area (Å²) in [5.74, 6) is -1.20. The first-order valence-corrected chi connectivity index (χ1v) is 12.3. The number of carbonyl (C=O) groups excluding carboxylic acids is 4. The summed E-state index contributed by atoms with van der Waals surface area (Å²) < 4.78 is 0. The summed E-state index contributed by atoms with van der Waals surface area (Å²) in [6, 6.07) is 15.5. The zero-order valence-electron chi connectivity index (χ0n) is 20.0. The molecular formula is C27H32N4O4. The summed E-state index contributed by atoms with van der Waals surface area (Å²) in [5, 5.41) is 8.52. The van der Waals surface area contributed by atoms with E-state index in [2.05, 4.69) is 16.0 Å². The largest absolute Gasteiger partial charge is 0.345 e. The minimum atomic E-state index is -0.900. The Balaban J connectivity index is 1.42. The molecule has 2 aliphatic rings. The average molecular weight is 477 g/mol. The van der Waals surface area contributed by atoms with Gasteiger partial charge in [0.2, 0.25) is 5.91 Å². The first kappa shape index (κ1) is 24.4. The Bertz CT molecular complexity index is 1090. The van der Waals surface area contributed by atoms with E-state index in [9.17, 15) is 19.2 Å². The Morgan fingerprint density at radius 3 is 2.29 bits per heavy atom. The van der Waals surface area contributed by atoms with Crippen LogP contribution in [-0.4, -0.2) is 40.7 Å². The molecular weight excluding hydrogens is 444 g/mol. The van der Waals surface area contributed by atoms with Gasteiger partial charge in [0, 0.05) is 0 Å². The maximum absolute atomic E-state index is 13.2. The molecule has 8 heteroatoms. The van der Waals surface area contributed by atoms with Crippen molar-refractivity contribution in [3.05, 3.63) is 65.7 Å². The van der Waals surface area contributed by atoms with Crippen molar-refractivity contribution in [1.29, 1.82) is 0 Å². The Hall–Kier alpha value is -3.68. The van der Waals surface area contributed by atoms with Gasteiger partial charge in [0.1, 0.15) is 12.1 Å². The van der Waals surface area contributed by atoms with Crippen molar-refractivity contribution in [3.63, 3.8) is 0 Å². The van der Waals surface area contributed by atoms with Crippen LogP contribution in [0.5, 0.6) is 0 Å². The zero-order chi connectivity index (χ0) is 24.8. The number of rotatable bonds is 6. The van der Waals surface area contributed by atoms with Crippen LogP contribution in [0, 0.1) is 0 Å². The number of anilines is 1. The molecule has 1 atom stereocenters. The lowest BCUT2D eigenvalue weighted by Crippen LogP contribution is -2.47. The Kier molecular flexibility index (Phi) is 7.48. The maximum atomic E-state index is 13.2. The third-order valence-corrected chi connectivity index (χ3v) is 6.85. The number of nitrogens with zero attached hydrogens (tertiary/aromatic N) is 1. The molecule has 5 amide bonds. The quantitative estimate of drug-likeness (QED) is 0.544. The second-order valence-electron chi connectivity index (χ2n) is 9.37. The van der Waals surface area contributed by atoms with Gasteiger partial charge in [-0.15, -0.1) is 0 Å². The smallest absolute Gasteiger partial charge is 0.325 e. The molecule has 2 fully saturated rings. The first-order chi connectivity index (χ1) is 16.9. The van der Waals surface area contributed by atoms with Gasteiger partial charge < -0.3 is 16.0 Å². The van der Waals surface area contributed by atoms with E-state index < -0.39 is 24.0 Å². The second kappa shape index (κ2) is 10.7. The van der Waals surface area contributed by atoms with Gasteiger partial charge in [-0.25, -0.2) is 4.79 Å². The van der Waals surface area contributed by atoms with Crippen molar-refractivity contribution >= 4 is 29.4 Å². The second-order valence-corrected chi connectivity index (χ2v) is 9.37. The third kappa shape index (κ3) is 5.53. The van der Waals surface area contributed by atoms with Crippen LogP contribution in [0.4, 0.5) is 10.5 Å². The SMILES string of the molecule is C[C@H](NC(=O)c1ccccc1NC(=O)CN1C(=O)NC2(CCCCCCC2)C1=O)c1ccccc1. The van der Waals surface area contributed by atoms with Crippen LogP contribution in [0.3, 0.4) is 0 Å². The minimum Gasteiger partial charge on any atom is -0.345 e. The molecule has 3 N–H and O–H groups in total. The molecule has 2 aromatic carbocycles. The molecule has 8 nitrogen and oxygen atoms in total. The average Bonchev–Trinajstić information content (AvgIpc) is 3.07. The van der Waals surface area contributed by atoms with Crippen molar-refractivity contribution in [1.82, 2.24) is 15.5 Å². The molecule has 0 radical (unpaired) electrons. The third-order valence-electron chi connectivity index (χ3n) is 6.85. The highest BCUT2D eigenvalue weighted by Gasteiger charge is 2.50. The van der Waals surface area contributed by atoms with E-state index in [0.717, 1.165) is 42.6 Å². The highest BCUT2D eigenvalue weighted by Crippen LogP contribution is 2.32. The summed E-state index contributed by atoms with van der Waals surface area (Å²) in [6.45, 7) is 1.49. The van der Waals surface area contributed by atoms with Crippen LogP contribution < -0.4 is 16.0 Å². The number of urea groups is 1. The zero-order valence-corrected chi connectivity index (χ0v) is 20.0. The van der Waals surface area contributed by atoms with Gasteiger partial charge in [0.15, 0.2) is 0 Å². The van der Waals surface area contributed by atoms with Gasteiger partial charge in [0.05, 0.1) is 17.3 Å². The molecule has 1 aliphatic carbocycles. The predicted molar refractivity (Wildman–Crippen MR) is 133 cm³/mol. The van der Waals surface area contributed by atoms with Crippen molar-refractivity contribution < 1.29 is 19.2 Å². The summed E-state index contributed by atoms with van der Waals surface area (Å²) in [7, 11) is 0. The van der Waals surface area contributed by atoms with E-state index in [1.165, 1.54) is 0 Å². The summed E-state index contributed by atoms with van der Waals surface area (Å²) in [4.78, 5) is 52.6. The van der Waals surface area contributed by atoms with Crippen molar-refractivity contribution in [2.24, 2.45) is 0 Å². The standard InChI is InChI=1S/C27H32N4O4/c1-19(20-12-6-5-7-13-20)28-24(33)21-14-8-9-15-22(21)29-23(32)18-31-25(34)27(30-26(31)35)16-10-3-2-4-11-17-27/h5-9,12-15,19H,2-4,10-11,16-18H2,1H3,(H,28,33)(H,29,32)(H,30,35)/t19-/m0/s1.